The van der Waals surface area contributed by atoms with Crippen LogP contribution in [-0.4, -0.2) is 38.7 Å². The number of fused-ring (bicyclic) bond motifs is 1. The number of piperidine rings is 1. The van der Waals surface area contributed by atoms with Crippen LogP contribution in [0.2, 0.25) is 5.02 Å². The number of benzene rings is 1. The topological polar surface area (TPSA) is 84.3 Å². The Morgan fingerprint density at radius 3 is 2.66 bits per heavy atom. The maximum absolute atomic E-state index is 7.51. The van der Waals surface area contributed by atoms with Crippen LogP contribution in [-0.2, 0) is 6.54 Å². The lowest BCUT2D eigenvalue weighted by Crippen LogP contribution is -2.41. The van der Waals surface area contributed by atoms with Crippen molar-refractivity contribution in [3.8, 4) is 11.1 Å². The highest BCUT2D eigenvalue weighted by Crippen LogP contribution is 2.34. The van der Waals surface area contributed by atoms with Gasteiger partial charge in [-0.3, -0.25) is 4.98 Å². The quantitative estimate of drug-likeness (QED) is 0.354. The highest BCUT2D eigenvalue weighted by Gasteiger charge is 2.36. The summed E-state index contributed by atoms with van der Waals surface area (Å²) in [5.41, 5.74) is 4.32. The van der Waals surface area contributed by atoms with Gasteiger partial charge >= 0.3 is 0 Å². The highest BCUT2D eigenvalue weighted by atomic mass is 35.5. The predicted molar refractivity (Wildman–Crippen MR) is 138 cm³/mol. The SMILES string of the molecule is [C-]#[N+]C1(C)CCN(c2nc(NCc3cncc(Cl)c3)c3cc(-c4c(C)noc4C)ccc3n2)CC1. The van der Waals surface area contributed by atoms with Gasteiger partial charge in [-0.15, -0.1) is 0 Å². The van der Waals surface area contributed by atoms with Crippen molar-refractivity contribution in [2.24, 2.45) is 0 Å². The van der Waals surface area contributed by atoms with Gasteiger partial charge in [-0.05, 0) is 43.2 Å². The first-order valence-corrected chi connectivity index (χ1v) is 11.9. The molecule has 178 valence electrons. The molecular weight excluding hydrogens is 462 g/mol. The summed E-state index contributed by atoms with van der Waals surface area (Å²) < 4.78 is 5.39. The lowest BCUT2D eigenvalue weighted by atomic mass is 9.91. The predicted octanol–water partition coefficient (Wildman–Crippen LogP) is 5.84. The van der Waals surface area contributed by atoms with Crippen LogP contribution in [0.25, 0.3) is 26.9 Å². The van der Waals surface area contributed by atoms with E-state index in [0.29, 0.717) is 17.5 Å². The van der Waals surface area contributed by atoms with Gasteiger partial charge in [0.2, 0.25) is 11.5 Å². The monoisotopic (exact) mass is 487 g/mol. The van der Waals surface area contributed by atoms with Gasteiger partial charge in [0.1, 0.15) is 11.6 Å². The van der Waals surface area contributed by atoms with Crippen LogP contribution in [0, 0.1) is 20.4 Å². The maximum Gasteiger partial charge on any atom is 0.233 e. The van der Waals surface area contributed by atoms with Crippen LogP contribution in [0.5, 0.6) is 0 Å². The Hall–Kier alpha value is -3.70. The number of halogens is 1. The minimum atomic E-state index is -0.308. The van der Waals surface area contributed by atoms with Crippen LogP contribution in [0.4, 0.5) is 11.8 Å². The molecule has 9 heteroatoms. The summed E-state index contributed by atoms with van der Waals surface area (Å²) in [4.78, 5) is 20.0. The number of rotatable bonds is 5. The molecule has 0 bridgehead atoms. The number of aryl methyl sites for hydroxylation is 2. The average molecular weight is 488 g/mol. The van der Waals surface area contributed by atoms with E-state index < -0.39 is 0 Å². The molecular formula is C26H26ClN7O. The lowest BCUT2D eigenvalue weighted by molar-refractivity contribution is 0.393. The zero-order valence-corrected chi connectivity index (χ0v) is 20.7. The number of nitrogens with one attached hydrogen (secondary N) is 1. The number of aromatic nitrogens is 4. The third-order valence-electron chi connectivity index (χ3n) is 6.62. The van der Waals surface area contributed by atoms with Crippen molar-refractivity contribution in [1.82, 2.24) is 20.1 Å². The maximum atomic E-state index is 7.51. The fourth-order valence-corrected chi connectivity index (χ4v) is 4.68. The Bertz CT molecular complexity index is 1410. The van der Waals surface area contributed by atoms with Crippen molar-refractivity contribution in [2.75, 3.05) is 23.3 Å². The summed E-state index contributed by atoms with van der Waals surface area (Å²) in [7, 11) is 0. The smallest absolute Gasteiger partial charge is 0.233 e. The summed E-state index contributed by atoms with van der Waals surface area (Å²) in [5, 5.41) is 9.08. The van der Waals surface area contributed by atoms with Crippen molar-refractivity contribution in [3.05, 3.63) is 70.1 Å². The van der Waals surface area contributed by atoms with Gasteiger partial charge in [0.15, 0.2) is 0 Å². The van der Waals surface area contributed by atoms with Gasteiger partial charge in [-0.2, -0.15) is 4.98 Å². The minimum absolute atomic E-state index is 0.308. The summed E-state index contributed by atoms with van der Waals surface area (Å²) >= 11 is 6.13. The molecule has 3 aromatic heterocycles. The summed E-state index contributed by atoms with van der Waals surface area (Å²) in [6, 6.07) is 8.02. The number of pyridine rings is 1. The van der Waals surface area contributed by atoms with E-state index in [4.69, 9.17) is 32.7 Å². The Kier molecular flexibility index (Phi) is 6.03. The normalized spacial score (nSPS) is 15.2. The van der Waals surface area contributed by atoms with Gasteiger partial charge in [-0.1, -0.05) is 22.8 Å². The summed E-state index contributed by atoms with van der Waals surface area (Å²) in [6.07, 6.45) is 4.99. The zero-order chi connectivity index (χ0) is 24.6. The van der Waals surface area contributed by atoms with Gasteiger partial charge in [0.05, 0.1) is 16.2 Å². The first-order chi connectivity index (χ1) is 16.8. The highest BCUT2D eigenvalue weighted by molar-refractivity contribution is 6.30. The molecule has 1 aromatic carbocycles. The number of anilines is 2. The average Bonchev–Trinajstić information content (AvgIpc) is 3.20. The van der Waals surface area contributed by atoms with Gasteiger partial charge < -0.3 is 19.6 Å². The van der Waals surface area contributed by atoms with E-state index in [2.05, 4.69) is 31.3 Å². The van der Waals surface area contributed by atoms with Crippen molar-refractivity contribution >= 4 is 34.3 Å². The molecule has 0 amide bonds. The molecule has 0 unspecified atom stereocenters. The fraction of sp³-hybridized carbons (Fsp3) is 0.346. The molecule has 0 spiro atoms. The van der Waals surface area contributed by atoms with Crippen molar-refractivity contribution in [1.29, 1.82) is 0 Å². The van der Waals surface area contributed by atoms with Crippen molar-refractivity contribution < 1.29 is 4.52 Å². The fourth-order valence-electron chi connectivity index (χ4n) is 4.48. The van der Waals surface area contributed by atoms with Gasteiger partial charge in [0, 0.05) is 62.7 Å². The second-order valence-corrected chi connectivity index (χ2v) is 9.70. The van der Waals surface area contributed by atoms with Crippen LogP contribution < -0.4 is 10.2 Å². The van der Waals surface area contributed by atoms with E-state index in [1.165, 1.54) is 0 Å². The molecule has 1 aliphatic heterocycles. The van der Waals surface area contributed by atoms with E-state index in [0.717, 1.165) is 70.8 Å². The second kappa shape index (κ2) is 9.16. The van der Waals surface area contributed by atoms with Crippen LogP contribution in [0.1, 0.15) is 36.8 Å². The third kappa shape index (κ3) is 4.64. The Morgan fingerprint density at radius 1 is 1.17 bits per heavy atom. The molecule has 0 atom stereocenters. The van der Waals surface area contributed by atoms with Crippen LogP contribution >= 0.6 is 11.6 Å². The van der Waals surface area contributed by atoms with E-state index in [1.807, 2.05) is 39.0 Å². The largest absolute Gasteiger partial charge is 0.365 e. The summed E-state index contributed by atoms with van der Waals surface area (Å²) in [6.45, 7) is 15.4. The molecule has 1 aliphatic rings. The zero-order valence-electron chi connectivity index (χ0n) is 20.0. The summed E-state index contributed by atoms with van der Waals surface area (Å²) in [5.74, 6) is 2.17. The Labute approximate surface area is 209 Å². The van der Waals surface area contributed by atoms with Crippen LogP contribution in [0.3, 0.4) is 0 Å². The first kappa shape index (κ1) is 23.1. The van der Waals surface area contributed by atoms with E-state index in [1.54, 1.807) is 12.4 Å². The molecule has 0 aliphatic carbocycles. The first-order valence-electron chi connectivity index (χ1n) is 11.6. The molecule has 1 N–H and O–H groups in total. The Morgan fingerprint density at radius 2 is 1.97 bits per heavy atom. The number of nitrogens with zero attached hydrogens (tertiary/aromatic N) is 6. The van der Waals surface area contributed by atoms with Crippen LogP contribution in [0.15, 0.2) is 41.2 Å². The standard InChI is InChI=1S/C26H26ClN7O/c1-16-23(17(2)35-33-16)19-5-6-22-21(12-19)24(30-14-18-11-20(27)15-29-13-18)32-25(31-22)34-9-7-26(3,28-4)8-10-34/h5-6,11-13,15H,7-10,14H2,1-3H3,(H,30,31,32). The second-order valence-electron chi connectivity index (χ2n) is 9.26. The van der Waals surface area contributed by atoms with Gasteiger partial charge in [-0.25, -0.2) is 11.6 Å². The minimum Gasteiger partial charge on any atom is -0.365 e. The van der Waals surface area contributed by atoms with E-state index in [-0.39, 0.29) is 5.54 Å². The molecule has 1 fully saturated rings. The van der Waals surface area contributed by atoms with Crippen molar-refractivity contribution in [3.63, 3.8) is 0 Å². The lowest BCUT2D eigenvalue weighted by Gasteiger charge is -2.32. The van der Waals surface area contributed by atoms with Gasteiger partial charge in [0.25, 0.3) is 0 Å². The molecule has 1 saturated heterocycles. The molecule has 0 radical (unpaired) electrons. The van der Waals surface area contributed by atoms with Crippen molar-refractivity contribution in [2.45, 2.75) is 45.7 Å². The number of hydrogen-bond donors (Lipinski definition) is 1. The molecule has 4 heterocycles. The molecule has 35 heavy (non-hydrogen) atoms. The molecule has 4 aromatic rings. The Balaban J connectivity index is 1.55. The molecule has 8 nitrogen and oxygen atoms in total. The molecule has 5 rings (SSSR count). The third-order valence-corrected chi connectivity index (χ3v) is 6.83. The van der Waals surface area contributed by atoms with E-state index in [9.17, 15) is 0 Å². The molecule has 0 saturated carbocycles. The number of hydrogen-bond acceptors (Lipinski definition) is 7. The van der Waals surface area contributed by atoms with E-state index >= 15 is 0 Å².